The van der Waals surface area contributed by atoms with E-state index in [-0.39, 0.29) is 41.1 Å². The van der Waals surface area contributed by atoms with Crippen LogP contribution in [0.4, 0.5) is 28.5 Å². The standard InChI is InChI=1S/C30H37F4N7O4S/c1-4-19(2)41(11-12-45-3)18-24-27(20-13-21(30(32,33)34)15-22(31)14-20)37-29(46-24)38-28(44)23-16-36-25(17-35-23)40-9-7-39(8-10-40)6-5-26(42)43/h13-17,19H,4-12,18H2,1-3H3,(H,42,43)(H,37,38,44). The van der Waals surface area contributed by atoms with Gasteiger partial charge in [0.25, 0.3) is 5.91 Å². The van der Waals surface area contributed by atoms with Crippen LogP contribution >= 0.6 is 11.3 Å². The number of ether oxygens (including phenoxy) is 1. The van der Waals surface area contributed by atoms with Crippen molar-refractivity contribution in [2.75, 3.05) is 63.2 Å². The fraction of sp³-hybridized carbons (Fsp3) is 0.500. The van der Waals surface area contributed by atoms with Crippen LogP contribution in [0.5, 0.6) is 0 Å². The number of thiazole rings is 1. The number of amides is 1. The Morgan fingerprint density at radius 3 is 2.50 bits per heavy atom. The molecule has 2 aromatic heterocycles. The van der Waals surface area contributed by atoms with Gasteiger partial charge < -0.3 is 14.7 Å². The molecule has 1 unspecified atom stereocenters. The largest absolute Gasteiger partial charge is 0.481 e. The van der Waals surface area contributed by atoms with E-state index in [2.05, 4.69) is 30.1 Å². The fourth-order valence-electron chi connectivity index (χ4n) is 4.95. The van der Waals surface area contributed by atoms with E-state index in [0.29, 0.717) is 62.6 Å². The molecule has 16 heteroatoms. The van der Waals surface area contributed by atoms with Crippen LogP contribution in [0, 0.1) is 5.82 Å². The van der Waals surface area contributed by atoms with Gasteiger partial charge in [0.15, 0.2) is 5.13 Å². The molecule has 1 aromatic carbocycles. The Balaban J connectivity index is 1.54. The molecule has 1 aliphatic rings. The highest BCUT2D eigenvalue weighted by atomic mass is 32.1. The molecule has 3 aromatic rings. The number of carboxylic acids is 1. The Kier molecular flexibility index (Phi) is 12.0. The van der Waals surface area contributed by atoms with Crippen molar-refractivity contribution in [2.24, 2.45) is 0 Å². The second-order valence-corrected chi connectivity index (χ2v) is 12.0. The molecule has 11 nitrogen and oxygen atoms in total. The van der Waals surface area contributed by atoms with Crippen LogP contribution in [-0.2, 0) is 22.3 Å². The second kappa shape index (κ2) is 15.7. The molecule has 0 aliphatic carbocycles. The number of nitrogens with zero attached hydrogens (tertiary/aromatic N) is 6. The first kappa shape index (κ1) is 35.1. The minimum absolute atomic E-state index is 0.00795. The van der Waals surface area contributed by atoms with Crippen LogP contribution in [-0.4, -0.2) is 101 Å². The Morgan fingerprint density at radius 2 is 1.89 bits per heavy atom. The molecule has 1 aliphatic heterocycles. The predicted molar refractivity (Wildman–Crippen MR) is 165 cm³/mol. The average Bonchev–Trinajstić information content (AvgIpc) is 3.43. The molecular formula is C30H37F4N7O4S. The van der Waals surface area contributed by atoms with Gasteiger partial charge in [0.2, 0.25) is 0 Å². The van der Waals surface area contributed by atoms with E-state index < -0.39 is 29.4 Å². The first-order chi connectivity index (χ1) is 21.9. The monoisotopic (exact) mass is 667 g/mol. The van der Waals surface area contributed by atoms with E-state index in [1.807, 2.05) is 18.7 Å². The highest BCUT2D eigenvalue weighted by molar-refractivity contribution is 7.16. The first-order valence-corrected chi connectivity index (χ1v) is 15.6. The smallest absolute Gasteiger partial charge is 0.416 e. The fourth-order valence-corrected chi connectivity index (χ4v) is 5.96. The number of anilines is 2. The van der Waals surface area contributed by atoms with Gasteiger partial charge in [0.1, 0.15) is 17.3 Å². The summed E-state index contributed by atoms with van der Waals surface area (Å²) in [4.78, 5) is 43.7. The van der Waals surface area contributed by atoms with Crippen molar-refractivity contribution in [1.82, 2.24) is 24.8 Å². The van der Waals surface area contributed by atoms with E-state index in [4.69, 9.17) is 9.84 Å². The summed E-state index contributed by atoms with van der Waals surface area (Å²) in [6.07, 6.45) is -1.08. The Hall–Kier alpha value is -3.73. The molecule has 3 heterocycles. The van der Waals surface area contributed by atoms with Crippen molar-refractivity contribution in [1.29, 1.82) is 0 Å². The van der Waals surface area contributed by atoms with Crippen LogP contribution in [0.15, 0.2) is 30.6 Å². The number of aromatic nitrogens is 3. The lowest BCUT2D eigenvalue weighted by molar-refractivity contribution is -0.138. The molecule has 250 valence electrons. The van der Waals surface area contributed by atoms with Crippen molar-refractivity contribution in [3.63, 3.8) is 0 Å². The number of methoxy groups -OCH3 is 1. The van der Waals surface area contributed by atoms with Gasteiger partial charge in [-0.1, -0.05) is 18.3 Å². The Bertz CT molecular complexity index is 1480. The number of carbonyl (C=O) groups is 2. The maximum atomic E-state index is 14.4. The molecule has 1 atom stereocenters. The highest BCUT2D eigenvalue weighted by Crippen LogP contribution is 2.37. The van der Waals surface area contributed by atoms with Crippen LogP contribution in [0.25, 0.3) is 11.3 Å². The van der Waals surface area contributed by atoms with Crippen molar-refractivity contribution in [3.8, 4) is 11.3 Å². The van der Waals surface area contributed by atoms with E-state index in [0.717, 1.165) is 29.9 Å². The molecule has 2 N–H and O–H groups in total. The normalized spacial score (nSPS) is 14.9. The quantitative estimate of drug-likeness (QED) is 0.231. The van der Waals surface area contributed by atoms with E-state index in [1.54, 1.807) is 7.11 Å². The van der Waals surface area contributed by atoms with Gasteiger partial charge in [0.05, 0.1) is 36.7 Å². The first-order valence-electron chi connectivity index (χ1n) is 14.8. The SMILES string of the molecule is CCC(C)N(CCOC)Cc1sc(NC(=O)c2cnc(N3CCN(CCC(=O)O)CC3)cn2)nc1-c1cc(F)cc(C(F)(F)F)c1. The van der Waals surface area contributed by atoms with Crippen LogP contribution in [0.2, 0.25) is 0 Å². The molecule has 1 amide bonds. The number of aliphatic carboxylic acids is 1. The number of carboxylic acid groups (broad SMARTS) is 1. The molecule has 0 radical (unpaired) electrons. The predicted octanol–water partition coefficient (Wildman–Crippen LogP) is 4.85. The average molecular weight is 668 g/mol. The number of alkyl halides is 3. The Morgan fingerprint density at radius 1 is 1.15 bits per heavy atom. The summed E-state index contributed by atoms with van der Waals surface area (Å²) in [5.74, 6) is -1.93. The maximum absolute atomic E-state index is 14.4. The van der Waals surface area contributed by atoms with Crippen molar-refractivity contribution in [3.05, 3.63) is 52.5 Å². The van der Waals surface area contributed by atoms with E-state index in [9.17, 15) is 27.2 Å². The summed E-state index contributed by atoms with van der Waals surface area (Å²) < 4.78 is 60.3. The highest BCUT2D eigenvalue weighted by Gasteiger charge is 2.32. The van der Waals surface area contributed by atoms with Gasteiger partial charge >= 0.3 is 12.1 Å². The third-order valence-electron chi connectivity index (χ3n) is 7.77. The minimum Gasteiger partial charge on any atom is -0.481 e. The molecule has 0 saturated carbocycles. The number of hydrogen-bond donors (Lipinski definition) is 2. The number of halogens is 4. The van der Waals surface area contributed by atoms with Crippen molar-refractivity contribution in [2.45, 2.75) is 45.5 Å². The topological polar surface area (TPSA) is 124 Å². The summed E-state index contributed by atoms with van der Waals surface area (Å²) in [6.45, 7) is 8.35. The van der Waals surface area contributed by atoms with Crippen LogP contribution in [0.3, 0.4) is 0 Å². The minimum atomic E-state index is -4.76. The van der Waals surface area contributed by atoms with Gasteiger partial charge in [-0.2, -0.15) is 13.2 Å². The number of rotatable bonds is 14. The molecular weight excluding hydrogens is 630 g/mol. The van der Waals surface area contributed by atoms with E-state index >= 15 is 0 Å². The third-order valence-corrected chi connectivity index (χ3v) is 8.72. The van der Waals surface area contributed by atoms with Crippen LogP contribution in [0.1, 0.15) is 47.6 Å². The lowest BCUT2D eigenvalue weighted by Crippen LogP contribution is -2.47. The Labute approximate surface area is 268 Å². The third kappa shape index (κ3) is 9.40. The number of benzene rings is 1. The number of hydrogen-bond acceptors (Lipinski definition) is 10. The molecule has 0 spiro atoms. The zero-order valence-electron chi connectivity index (χ0n) is 25.8. The lowest BCUT2D eigenvalue weighted by Gasteiger charge is -2.34. The van der Waals surface area contributed by atoms with Gasteiger partial charge in [-0.3, -0.25) is 24.7 Å². The summed E-state index contributed by atoms with van der Waals surface area (Å²) in [5, 5.41) is 11.7. The van der Waals surface area contributed by atoms with E-state index in [1.165, 1.54) is 12.4 Å². The summed E-state index contributed by atoms with van der Waals surface area (Å²) in [7, 11) is 1.58. The van der Waals surface area contributed by atoms with Gasteiger partial charge in [-0.15, -0.1) is 0 Å². The van der Waals surface area contributed by atoms with Crippen LogP contribution < -0.4 is 10.2 Å². The molecule has 4 rings (SSSR count). The number of carbonyl (C=O) groups excluding carboxylic acids is 1. The molecule has 0 bridgehead atoms. The lowest BCUT2D eigenvalue weighted by atomic mass is 10.1. The van der Waals surface area contributed by atoms with Gasteiger partial charge in [0, 0.05) is 69.4 Å². The second-order valence-electron chi connectivity index (χ2n) is 10.9. The number of nitrogens with one attached hydrogen (secondary N) is 1. The van der Waals surface area contributed by atoms with Gasteiger partial charge in [-0.05, 0) is 31.5 Å². The zero-order chi connectivity index (χ0) is 33.4. The zero-order valence-corrected chi connectivity index (χ0v) is 26.6. The van der Waals surface area contributed by atoms with Crippen molar-refractivity contribution < 1.29 is 37.0 Å². The van der Waals surface area contributed by atoms with Crippen molar-refractivity contribution >= 4 is 34.2 Å². The molecule has 46 heavy (non-hydrogen) atoms. The molecule has 1 fully saturated rings. The summed E-state index contributed by atoms with van der Waals surface area (Å²) >= 11 is 1.09. The van der Waals surface area contributed by atoms with Gasteiger partial charge in [-0.25, -0.2) is 19.3 Å². The summed E-state index contributed by atoms with van der Waals surface area (Å²) in [6, 6.07) is 2.39. The summed E-state index contributed by atoms with van der Waals surface area (Å²) in [5.41, 5.74) is -1.04. The molecule has 1 saturated heterocycles. The number of piperazine rings is 1. The maximum Gasteiger partial charge on any atom is 0.416 e.